The highest BCUT2D eigenvalue weighted by molar-refractivity contribution is 5.88. The van der Waals surface area contributed by atoms with Gasteiger partial charge in [0, 0.05) is 36.5 Å². The van der Waals surface area contributed by atoms with Crippen molar-refractivity contribution < 1.29 is 14.7 Å². The van der Waals surface area contributed by atoms with Crippen LogP contribution in [0.2, 0.25) is 0 Å². The van der Waals surface area contributed by atoms with E-state index in [2.05, 4.69) is 37.0 Å². The molecule has 6 nitrogen and oxygen atoms in total. The summed E-state index contributed by atoms with van der Waals surface area (Å²) in [7, 11) is 0. The first-order valence-electron chi connectivity index (χ1n) is 9.96. The smallest absolute Gasteiger partial charge is 0.240 e. The van der Waals surface area contributed by atoms with Gasteiger partial charge in [-0.05, 0) is 30.9 Å². The van der Waals surface area contributed by atoms with Crippen LogP contribution in [0.4, 0.5) is 0 Å². The van der Waals surface area contributed by atoms with E-state index < -0.39 is 11.9 Å². The maximum atomic E-state index is 11.9. The lowest BCUT2D eigenvalue weighted by molar-refractivity contribution is -0.127. The fourth-order valence-corrected chi connectivity index (χ4v) is 2.43. The zero-order valence-electron chi connectivity index (χ0n) is 18.4. The van der Waals surface area contributed by atoms with E-state index >= 15 is 0 Å². The Morgan fingerprint density at radius 1 is 1.21 bits per heavy atom. The van der Waals surface area contributed by atoms with Gasteiger partial charge in [-0.2, -0.15) is 0 Å². The molecule has 2 amide bonds. The average molecular weight is 404 g/mol. The number of carbonyl (C=O) groups is 2. The maximum Gasteiger partial charge on any atom is 0.240 e. The van der Waals surface area contributed by atoms with E-state index in [9.17, 15) is 9.59 Å². The van der Waals surface area contributed by atoms with Gasteiger partial charge in [0.15, 0.2) is 0 Å². The third kappa shape index (κ3) is 11.6. The number of fused-ring (bicyclic) bond motifs is 1. The summed E-state index contributed by atoms with van der Waals surface area (Å²) >= 11 is 0. The van der Waals surface area contributed by atoms with Crippen molar-refractivity contribution in [3.8, 4) is 12.8 Å². The van der Waals surface area contributed by atoms with Crippen LogP contribution >= 0.6 is 0 Å². The highest BCUT2D eigenvalue weighted by Crippen LogP contribution is 2.19. The molecule has 162 valence electrons. The first-order chi connectivity index (χ1) is 13.9. The Kier molecular flexibility index (Phi) is 17.0. The van der Waals surface area contributed by atoms with Crippen molar-refractivity contribution in [3.63, 3.8) is 0 Å². The Morgan fingerprint density at radius 2 is 1.76 bits per heavy atom. The van der Waals surface area contributed by atoms with Crippen LogP contribution in [-0.2, 0) is 16.0 Å². The third-order valence-electron chi connectivity index (χ3n) is 3.73. The van der Waals surface area contributed by atoms with Gasteiger partial charge >= 0.3 is 0 Å². The number of aliphatic hydroxyl groups excluding tert-OH is 1. The van der Waals surface area contributed by atoms with Crippen LogP contribution < -0.4 is 11.1 Å². The lowest BCUT2D eigenvalue weighted by atomic mass is 10.0. The standard InChI is InChI=1S/C17H23N3O2.C2H6O.C2H6.C2H2/c1-11(2)7-8-16(21)20-15(17(18)22)9-12-10-19-14-6-4-3-5-13(12)14;1-2-3;2*1-2/h3-6,10-11,15,19H,7-9H2,1-2H3,(H2,18,22)(H,20,21);3H,2H2,1H3;1-2H3;1-2H/t15-;;;/m0.../s1. The van der Waals surface area contributed by atoms with Gasteiger partial charge in [0.25, 0.3) is 0 Å². The molecule has 0 unspecified atom stereocenters. The normalized spacial score (nSPS) is 10.4. The molecule has 1 heterocycles. The van der Waals surface area contributed by atoms with Crippen molar-refractivity contribution in [2.75, 3.05) is 6.61 Å². The summed E-state index contributed by atoms with van der Waals surface area (Å²) in [6.45, 7) is 10.1. The molecule has 2 aromatic rings. The van der Waals surface area contributed by atoms with Crippen LogP contribution in [-0.4, -0.2) is 34.6 Å². The number of nitrogens with one attached hydrogen (secondary N) is 2. The summed E-state index contributed by atoms with van der Waals surface area (Å²) in [4.78, 5) is 26.7. The van der Waals surface area contributed by atoms with E-state index in [1.165, 1.54) is 0 Å². The summed E-state index contributed by atoms with van der Waals surface area (Å²) in [5, 5.41) is 11.4. The lowest BCUT2D eigenvalue weighted by Gasteiger charge is -2.15. The number of rotatable bonds is 7. The molecule has 0 aliphatic heterocycles. The van der Waals surface area contributed by atoms with Gasteiger partial charge in [-0.3, -0.25) is 9.59 Å². The minimum Gasteiger partial charge on any atom is -0.397 e. The van der Waals surface area contributed by atoms with Crippen LogP contribution in [0.3, 0.4) is 0 Å². The summed E-state index contributed by atoms with van der Waals surface area (Å²) in [5.41, 5.74) is 7.42. The molecule has 5 N–H and O–H groups in total. The molecular weight excluding hydrogens is 366 g/mol. The second-order valence-electron chi connectivity index (χ2n) is 6.33. The maximum absolute atomic E-state index is 11.9. The molecular formula is C23H37N3O3. The quantitative estimate of drug-likeness (QED) is 0.532. The van der Waals surface area contributed by atoms with E-state index in [1.807, 2.05) is 44.3 Å². The summed E-state index contributed by atoms with van der Waals surface area (Å²) in [6, 6.07) is 7.17. The molecule has 1 aromatic carbocycles. The fourth-order valence-electron chi connectivity index (χ4n) is 2.43. The molecule has 0 aliphatic carbocycles. The zero-order chi connectivity index (χ0) is 22.8. The molecule has 0 fully saturated rings. The predicted molar refractivity (Wildman–Crippen MR) is 121 cm³/mol. The Morgan fingerprint density at radius 3 is 2.28 bits per heavy atom. The van der Waals surface area contributed by atoms with Crippen molar-refractivity contribution in [1.82, 2.24) is 10.3 Å². The molecule has 0 spiro atoms. The van der Waals surface area contributed by atoms with Gasteiger partial charge in [0.05, 0.1) is 0 Å². The first-order valence-corrected chi connectivity index (χ1v) is 9.96. The average Bonchev–Trinajstić information content (AvgIpc) is 3.12. The number of hydrogen-bond acceptors (Lipinski definition) is 3. The summed E-state index contributed by atoms with van der Waals surface area (Å²) < 4.78 is 0. The topological polar surface area (TPSA) is 108 Å². The van der Waals surface area contributed by atoms with Crippen molar-refractivity contribution >= 4 is 22.7 Å². The SMILES string of the molecule is C#C.CC.CC(C)CCC(=O)N[C@@H](Cc1c[nH]c2ccccc12)C(N)=O.CCO. The molecule has 0 saturated carbocycles. The number of H-pyrrole nitrogens is 1. The second-order valence-corrected chi connectivity index (χ2v) is 6.33. The van der Waals surface area contributed by atoms with Gasteiger partial charge in [-0.1, -0.05) is 45.9 Å². The highest BCUT2D eigenvalue weighted by atomic mass is 16.2. The number of terminal acetylenes is 1. The number of para-hydroxylation sites is 1. The monoisotopic (exact) mass is 403 g/mol. The van der Waals surface area contributed by atoms with E-state index in [4.69, 9.17) is 10.8 Å². The molecule has 0 aliphatic rings. The summed E-state index contributed by atoms with van der Waals surface area (Å²) in [5.74, 6) is -0.188. The van der Waals surface area contributed by atoms with Crippen molar-refractivity contribution in [3.05, 3.63) is 36.0 Å². The van der Waals surface area contributed by atoms with Crippen LogP contribution in [0.25, 0.3) is 10.9 Å². The van der Waals surface area contributed by atoms with Crippen LogP contribution in [0.5, 0.6) is 0 Å². The van der Waals surface area contributed by atoms with Crippen LogP contribution in [0.1, 0.15) is 53.0 Å². The van der Waals surface area contributed by atoms with Crippen molar-refractivity contribution in [1.29, 1.82) is 0 Å². The van der Waals surface area contributed by atoms with Gasteiger partial charge < -0.3 is 21.1 Å². The van der Waals surface area contributed by atoms with Gasteiger partial charge in [-0.15, -0.1) is 12.8 Å². The molecule has 6 heteroatoms. The minimum absolute atomic E-state index is 0.127. The number of hydrogen-bond donors (Lipinski definition) is 4. The highest BCUT2D eigenvalue weighted by Gasteiger charge is 2.20. The summed E-state index contributed by atoms with van der Waals surface area (Å²) in [6.07, 6.45) is 11.5. The van der Waals surface area contributed by atoms with Crippen molar-refractivity contribution in [2.24, 2.45) is 11.7 Å². The number of aliphatic hydroxyl groups is 1. The number of nitrogens with two attached hydrogens (primary N) is 1. The zero-order valence-corrected chi connectivity index (χ0v) is 18.4. The number of carbonyl (C=O) groups excluding carboxylic acids is 2. The molecule has 0 radical (unpaired) electrons. The number of aromatic nitrogens is 1. The van der Waals surface area contributed by atoms with Gasteiger partial charge in [-0.25, -0.2) is 0 Å². The number of primary amides is 1. The molecule has 1 atom stereocenters. The van der Waals surface area contributed by atoms with Crippen LogP contribution in [0, 0.1) is 18.8 Å². The van der Waals surface area contributed by atoms with Gasteiger partial charge in [0.2, 0.25) is 11.8 Å². The lowest BCUT2D eigenvalue weighted by Crippen LogP contribution is -2.45. The Balaban J connectivity index is 0. The van der Waals surface area contributed by atoms with E-state index in [-0.39, 0.29) is 12.5 Å². The number of benzene rings is 1. The molecule has 0 bridgehead atoms. The predicted octanol–water partition coefficient (Wildman–Crippen LogP) is 3.39. The van der Waals surface area contributed by atoms with E-state index in [0.29, 0.717) is 18.8 Å². The Bertz CT molecular complexity index is 720. The van der Waals surface area contributed by atoms with Crippen molar-refractivity contribution in [2.45, 2.75) is 59.9 Å². The second kappa shape index (κ2) is 17.3. The fraction of sp³-hybridized carbons (Fsp3) is 0.478. The molecule has 0 saturated heterocycles. The number of aromatic amines is 1. The first kappa shape index (κ1) is 28.4. The molecule has 2 rings (SSSR count). The van der Waals surface area contributed by atoms with E-state index in [1.54, 1.807) is 6.92 Å². The van der Waals surface area contributed by atoms with Crippen LogP contribution in [0.15, 0.2) is 30.5 Å². The molecule has 29 heavy (non-hydrogen) atoms. The largest absolute Gasteiger partial charge is 0.397 e. The van der Waals surface area contributed by atoms with E-state index in [0.717, 1.165) is 22.9 Å². The number of amides is 2. The Labute approximate surface area is 175 Å². The minimum atomic E-state index is -0.682. The third-order valence-corrected chi connectivity index (χ3v) is 3.73. The Hall–Kier alpha value is -2.78. The molecule has 1 aromatic heterocycles. The van der Waals surface area contributed by atoms with Gasteiger partial charge in [0.1, 0.15) is 6.04 Å².